The average Bonchev–Trinajstić information content (AvgIpc) is 3.73. The van der Waals surface area contributed by atoms with E-state index in [1.165, 1.54) is 4.31 Å². The van der Waals surface area contributed by atoms with Crippen molar-refractivity contribution in [2.45, 2.75) is 189 Å². The van der Waals surface area contributed by atoms with E-state index in [0.717, 1.165) is 109 Å². The van der Waals surface area contributed by atoms with Crippen molar-refractivity contribution < 1.29 is 32.4 Å². The van der Waals surface area contributed by atoms with Crippen LogP contribution in [0.25, 0.3) is 0 Å². The van der Waals surface area contributed by atoms with Gasteiger partial charge in [-0.25, -0.2) is 4.72 Å². The maximum atomic E-state index is 15.8. The Morgan fingerprint density at radius 3 is 1.92 bits per heavy atom. The number of nitrogens with one attached hydrogen (secondary N) is 2. The number of hydrogen-bond acceptors (Lipinski definition) is 8. The number of amides is 3. The van der Waals surface area contributed by atoms with Crippen molar-refractivity contribution in [1.82, 2.24) is 24.1 Å². The van der Waals surface area contributed by atoms with Crippen LogP contribution in [0.4, 0.5) is 0 Å². The normalized spacial score (nSPS) is 32.8. The van der Waals surface area contributed by atoms with Gasteiger partial charge in [0.05, 0.1) is 29.5 Å². The summed E-state index contributed by atoms with van der Waals surface area (Å²) in [4.78, 5) is 78.4. The Hall–Kier alpha value is -2.64. The van der Waals surface area contributed by atoms with Crippen LogP contribution in [0.15, 0.2) is 12.7 Å². The molecule has 2 spiro atoms. The fourth-order valence-electron chi connectivity index (χ4n) is 14.5. The lowest BCUT2D eigenvalue weighted by atomic mass is 9.63. The number of ketones is 2. The third-order valence-corrected chi connectivity index (χ3v) is 20.6. The minimum Gasteiger partial charge on any atom is -0.344 e. The van der Waals surface area contributed by atoms with Crippen molar-refractivity contribution in [2.75, 3.05) is 32.7 Å². The summed E-state index contributed by atoms with van der Waals surface area (Å²) in [5, 5.41) is 3.33. The molecule has 2 N–H and O–H groups in total. The van der Waals surface area contributed by atoms with Gasteiger partial charge < -0.3 is 10.2 Å². The van der Waals surface area contributed by atoms with Crippen molar-refractivity contribution in [2.24, 2.45) is 44.3 Å². The van der Waals surface area contributed by atoms with Gasteiger partial charge in [0.25, 0.3) is 0 Å². The van der Waals surface area contributed by atoms with E-state index in [1.807, 2.05) is 4.90 Å². The molecule has 5 saturated carbocycles. The zero-order chi connectivity index (χ0) is 45.1. The van der Waals surface area contributed by atoms with E-state index in [4.69, 9.17) is 0 Å². The SMILES string of the molecule is C=C[C@@H]1C[C@]1(CC(=O)[C@@H]1C[C@@]2(CN1C(=O)[C@@H](CC(=O)[C@@H](NC(=O)[C@@H]1CCCN1CC)C1(C)CCCCC1)C1(C)CCCCC1)C(C)(C)C21CCC1)C(=O)NS(=O)(=O)N(CC)CC. The highest BCUT2D eigenvalue weighted by Gasteiger charge is 2.85. The van der Waals surface area contributed by atoms with Crippen LogP contribution in [-0.2, 0) is 34.2 Å². The second-order valence-electron chi connectivity index (χ2n) is 22.1. The molecule has 13 heteroatoms. The molecule has 3 amide bonds. The highest BCUT2D eigenvalue weighted by molar-refractivity contribution is 7.87. The molecule has 5 aliphatic carbocycles. The summed E-state index contributed by atoms with van der Waals surface area (Å²) in [5.41, 5.74) is -2.50. The van der Waals surface area contributed by atoms with Gasteiger partial charge in [0.1, 0.15) is 0 Å². The lowest BCUT2D eigenvalue weighted by Gasteiger charge is -2.44. The van der Waals surface area contributed by atoms with E-state index in [-0.39, 0.29) is 77.5 Å². The molecule has 2 aliphatic heterocycles. The fourth-order valence-corrected chi connectivity index (χ4v) is 15.7. The molecule has 7 atom stereocenters. The van der Waals surface area contributed by atoms with Gasteiger partial charge in [0.15, 0.2) is 11.6 Å². The second kappa shape index (κ2) is 17.3. The smallest absolute Gasteiger partial charge is 0.303 e. The van der Waals surface area contributed by atoms with Crippen LogP contribution in [0.3, 0.4) is 0 Å². The van der Waals surface area contributed by atoms with Gasteiger partial charge >= 0.3 is 10.2 Å². The molecular formula is C49H79N5O7S. The number of allylic oxidation sites excluding steroid dienone is 1. The Balaban J connectivity index is 1.21. The molecule has 348 valence electrons. The van der Waals surface area contributed by atoms with E-state index in [9.17, 15) is 18.0 Å². The zero-order valence-corrected chi connectivity index (χ0v) is 40.1. The van der Waals surface area contributed by atoms with Gasteiger partial charge in [-0.2, -0.15) is 12.7 Å². The van der Waals surface area contributed by atoms with Gasteiger partial charge in [-0.15, -0.1) is 6.58 Å². The van der Waals surface area contributed by atoms with Crippen molar-refractivity contribution in [3.8, 4) is 0 Å². The number of nitrogens with zero attached hydrogens (tertiary/aromatic N) is 3. The first-order chi connectivity index (χ1) is 29.3. The number of hydrogen-bond donors (Lipinski definition) is 2. The predicted molar refractivity (Wildman–Crippen MR) is 241 cm³/mol. The summed E-state index contributed by atoms with van der Waals surface area (Å²) >= 11 is 0. The molecule has 0 aromatic rings. The van der Waals surface area contributed by atoms with E-state index in [1.54, 1.807) is 19.9 Å². The zero-order valence-electron chi connectivity index (χ0n) is 39.2. The Morgan fingerprint density at radius 1 is 0.790 bits per heavy atom. The van der Waals surface area contributed by atoms with Crippen molar-refractivity contribution in [3.05, 3.63) is 12.7 Å². The summed E-state index contributed by atoms with van der Waals surface area (Å²) in [6, 6.07) is -1.77. The summed E-state index contributed by atoms with van der Waals surface area (Å²) in [6.07, 6.45) is 16.5. The Labute approximate surface area is 373 Å². The number of carbonyl (C=O) groups is 5. The topological polar surface area (TPSA) is 153 Å². The van der Waals surface area contributed by atoms with Crippen molar-refractivity contribution >= 4 is 39.5 Å². The van der Waals surface area contributed by atoms with Crippen molar-refractivity contribution in [1.29, 1.82) is 0 Å². The summed E-state index contributed by atoms with van der Waals surface area (Å²) in [7, 11) is -4.13. The van der Waals surface area contributed by atoms with E-state index in [0.29, 0.717) is 19.4 Å². The van der Waals surface area contributed by atoms with Crippen LogP contribution in [0.5, 0.6) is 0 Å². The maximum absolute atomic E-state index is 15.8. The van der Waals surface area contributed by atoms with Crippen LogP contribution >= 0.6 is 0 Å². The van der Waals surface area contributed by atoms with Gasteiger partial charge in [0.2, 0.25) is 17.7 Å². The highest BCUT2D eigenvalue weighted by Crippen LogP contribution is 2.88. The van der Waals surface area contributed by atoms with Crippen LogP contribution in [0.2, 0.25) is 0 Å². The lowest BCUT2D eigenvalue weighted by Crippen LogP contribution is -2.57. The monoisotopic (exact) mass is 882 g/mol. The lowest BCUT2D eigenvalue weighted by molar-refractivity contribution is -0.149. The van der Waals surface area contributed by atoms with E-state index in [2.05, 4.69) is 56.1 Å². The predicted octanol–water partition coefficient (Wildman–Crippen LogP) is 7.12. The average molecular weight is 882 g/mol. The fraction of sp³-hybridized carbons (Fsp3) is 0.857. The quantitative estimate of drug-likeness (QED) is 0.138. The number of carbonyl (C=O) groups excluding carboxylic acids is 5. The molecule has 7 rings (SSSR count). The molecule has 7 fully saturated rings. The molecule has 0 aromatic heterocycles. The molecular weight excluding hydrogens is 803 g/mol. The summed E-state index contributed by atoms with van der Waals surface area (Å²) in [5.74, 6) is -2.29. The molecule has 0 radical (unpaired) electrons. The molecule has 2 saturated heterocycles. The van der Waals surface area contributed by atoms with E-state index >= 15 is 14.4 Å². The number of Topliss-reactive ketones (excluding diaryl/α,β-unsaturated/α-hetero) is 2. The third kappa shape index (κ3) is 7.75. The standard InChI is InChI=1S/C49H79N5O7S/c1-9-34-30-47(34,43(59)51-62(60,61)53(11-3)12-4)32-39(56)37-31-49(44(5,6)48(49)26-20-27-48)33-54(37)42(58)35(45(7)22-15-13-16-23-45)29-38(55)40(46(8)24-17-14-18-25-46)50-41(57)36-21-19-28-52(36)10-2/h9,34-37,40H,1,10-33H2,2-8H3,(H,50,57)(H,51,59)/t34-,35-,36+,37+,40-,47-,49-/m1/s1. The Bertz CT molecular complexity index is 1880. The number of rotatable bonds is 18. The minimum atomic E-state index is -4.13. The molecule has 2 heterocycles. The molecule has 0 bridgehead atoms. The van der Waals surface area contributed by atoms with Crippen molar-refractivity contribution in [3.63, 3.8) is 0 Å². The highest BCUT2D eigenvalue weighted by atomic mass is 32.2. The maximum Gasteiger partial charge on any atom is 0.303 e. The van der Waals surface area contributed by atoms with Gasteiger partial charge in [-0.1, -0.05) is 99.5 Å². The Kier molecular flexibility index (Phi) is 13.2. The first-order valence-electron chi connectivity index (χ1n) is 24.6. The van der Waals surface area contributed by atoms with Crippen LogP contribution in [0, 0.1) is 44.3 Å². The van der Waals surface area contributed by atoms with Gasteiger partial charge in [0, 0.05) is 37.9 Å². The van der Waals surface area contributed by atoms with Gasteiger partial charge in [-0.3, -0.25) is 28.9 Å². The van der Waals surface area contributed by atoms with Crippen LogP contribution in [-0.4, -0.2) is 103 Å². The number of likely N-dealkylation sites (N-methyl/N-ethyl adjacent to an activating group) is 1. The summed E-state index contributed by atoms with van der Waals surface area (Å²) in [6.45, 7) is 20.8. The third-order valence-electron chi connectivity index (χ3n) is 19.0. The largest absolute Gasteiger partial charge is 0.344 e. The molecule has 62 heavy (non-hydrogen) atoms. The number of fused-ring (bicyclic) bond motifs is 1. The molecule has 0 aromatic carbocycles. The minimum absolute atomic E-state index is 0.00503. The summed E-state index contributed by atoms with van der Waals surface area (Å²) < 4.78 is 30.0. The van der Waals surface area contributed by atoms with Crippen LogP contribution < -0.4 is 10.0 Å². The number of likely N-dealkylation sites (tertiary alicyclic amines) is 2. The molecule has 7 aliphatic rings. The van der Waals surface area contributed by atoms with Crippen LogP contribution in [0.1, 0.15) is 170 Å². The first-order valence-corrected chi connectivity index (χ1v) is 26.0. The Morgan fingerprint density at radius 2 is 1.40 bits per heavy atom. The second-order valence-corrected chi connectivity index (χ2v) is 23.7. The first kappa shape index (κ1) is 47.3. The molecule has 0 unspecified atom stereocenters. The molecule has 12 nitrogen and oxygen atoms in total. The van der Waals surface area contributed by atoms with Gasteiger partial charge in [-0.05, 0) is 105 Å². The van der Waals surface area contributed by atoms with E-state index < -0.39 is 50.4 Å².